The van der Waals surface area contributed by atoms with E-state index >= 15 is 0 Å². The largest absolute Gasteiger partial charge is 0.352 e. The molecule has 0 spiro atoms. The third kappa shape index (κ3) is 8.09. The lowest BCUT2D eigenvalue weighted by Crippen LogP contribution is -2.52. The van der Waals surface area contributed by atoms with Gasteiger partial charge in [0, 0.05) is 12.6 Å². The van der Waals surface area contributed by atoms with Gasteiger partial charge in [0.15, 0.2) is 0 Å². The number of nitrogens with zero attached hydrogens (tertiary/aromatic N) is 2. The van der Waals surface area contributed by atoms with Crippen molar-refractivity contribution in [2.24, 2.45) is 0 Å². The van der Waals surface area contributed by atoms with E-state index in [1.54, 1.807) is 19.1 Å². The fraction of sp³-hybridized carbons (Fsp3) is 0.481. The zero-order valence-corrected chi connectivity index (χ0v) is 22.7. The average molecular weight is 502 g/mol. The molecule has 192 valence electrons. The van der Waals surface area contributed by atoms with Crippen LogP contribution in [-0.2, 0) is 31.6 Å². The molecule has 2 aromatic rings. The Hall–Kier alpha value is -2.87. The van der Waals surface area contributed by atoms with E-state index < -0.39 is 28.5 Å². The van der Waals surface area contributed by atoms with Crippen molar-refractivity contribution in [1.82, 2.24) is 10.2 Å². The number of hydrogen-bond acceptors (Lipinski definition) is 4. The molecular weight excluding hydrogens is 462 g/mol. The van der Waals surface area contributed by atoms with E-state index in [1.165, 1.54) is 4.90 Å². The molecule has 1 N–H and O–H groups in total. The van der Waals surface area contributed by atoms with Gasteiger partial charge in [-0.3, -0.25) is 13.9 Å². The van der Waals surface area contributed by atoms with Crippen LogP contribution in [0.1, 0.15) is 59.1 Å². The monoisotopic (exact) mass is 501 g/mol. The van der Waals surface area contributed by atoms with Crippen LogP contribution in [0.15, 0.2) is 54.6 Å². The van der Waals surface area contributed by atoms with Crippen LogP contribution in [0.25, 0.3) is 0 Å². The molecule has 0 bridgehead atoms. The van der Waals surface area contributed by atoms with Crippen LogP contribution >= 0.6 is 0 Å². The Morgan fingerprint density at radius 1 is 0.971 bits per heavy atom. The summed E-state index contributed by atoms with van der Waals surface area (Å²) in [7, 11) is -3.75. The summed E-state index contributed by atoms with van der Waals surface area (Å²) in [6, 6.07) is 15.7. The molecule has 0 saturated carbocycles. The van der Waals surface area contributed by atoms with Gasteiger partial charge in [0.25, 0.3) is 0 Å². The van der Waals surface area contributed by atoms with E-state index in [1.807, 2.05) is 56.3 Å². The maximum absolute atomic E-state index is 13.5. The molecule has 35 heavy (non-hydrogen) atoms. The van der Waals surface area contributed by atoms with Crippen molar-refractivity contribution in [2.75, 3.05) is 17.1 Å². The topological polar surface area (TPSA) is 86.8 Å². The van der Waals surface area contributed by atoms with E-state index in [-0.39, 0.29) is 23.9 Å². The van der Waals surface area contributed by atoms with E-state index in [0.717, 1.165) is 28.1 Å². The second kappa shape index (κ2) is 11.7. The highest BCUT2D eigenvalue weighted by atomic mass is 32.2. The zero-order chi connectivity index (χ0) is 26.4. The highest BCUT2D eigenvalue weighted by Gasteiger charge is 2.30. The molecule has 0 aromatic heterocycles. The molecule has 0 unspecified atom stereocenters. The molecule has 0 radical (unpaired) electrons. The molecule has 8 heteroatoms. The van der Waals surface area contributed by atoms with Gasteiger partial charge < -0.3 is 10.2 Å². The number of sulfonamides is 1. The summed E-state index contributed by atoms with van der Waals surface area (Å²) < 4.78 is 26.5. The summed E-state index contributed by atoms with van der Waals surface area (Å²) in [5, 5.41) is 2.92. The fourth-order valence-corrected chi connectivity index (χ4v) is 4.42. The van der Waals surface area contributed by atoms with Gasteiger partial charge in [-0.05, 0) is 48.9 Å². The first-order valence-corrected chi connectivity index (χ1v) is 13.8. The average Bonchev–Trinajstić information content (AvgIpc) is 2.79. The van der Waals surface area contributed by atoms with E-state index in [0.29, 0.717) is 5.69 Å². The molecule has 2 amide bonds. The van der Waals surface area contributed by atoms with Gasteiger partial charge in [0.1, 0.15) is 12.6 Å². The van der Waals surface area contributed by atoms with Crippen LogP contribution in [0, 0.1) is 0 Å². The Kier molecular flexibility index (Phi) is 9.49. The smallest absolute Gasteiger partial charge is 0.244 e. The standard InChI is InChI=1S/C27H39N3O4S/c1-8-20(2)28-26(32)21(3)29(18-22-12-10-9-11-13-22)25(31)19-30(35(7,33)34)24-16-14-23(15-17-24)27(4,5)6/h9-17,20-21H,8,18-19H2,1-7H3,(H,28,32)/t20-,21-/m0/s1. The van der Waals surface area contributed by atoms with Crippen LogP contribution in [0.2, 0.25) is 0 Å². The lowest BCUT2D eigenvalue weighted by Gasteiger charge is -2.32. The van der Waals surface area contributed by atoms with Gasteiger partial charge in [-0.2, -0.15) is 0 Å². The SMILES string of the molecule is CC[C@H](C)NC(=O)[C@H](C)N(Cc1ccccc1)C(=O)CN(c1ccc(C(C)(C)C)cc1)S(C)(=O)=O. The van der Waals surface area contributed by atoms with Gasteiger partial charge in [0.05, 0.1) is 11.9 Å². The number of benzene rings is 2. The van der Waals surface area contributed by atoms with Crippen LogP contribution in [0.4, 0.5) is 5.69 Å². The minimum atomic E-state index is -3.75. The third-order valence-electron chi connectivity index (χ3n) is 6.06. The van der Waals surface area contributed by atoms with E-state index in [2.05, 4.69) is 26.1 Å². The molecule has 2 atom stereocenters. The second-order valence-corrected chi connectivity index (χ2v) is 12.0. The van der Waals surface area contributed by atoms with E-state index in [4.69, 9.17) is 0 Å². The zero-order valence-electron chi connectivity index (χ0n) is 21.9. The Morgan fingerprint density at radius 3 is 2.03 bits per heavy atom. The van der Waals surface area contributed by atoms with Crippen molar-refractivity contribution < 1.29 is 18.0 Å². The van der Waals surface area contributed by atoms with Crippen LogP contribution in [-0.4, -0.2) is 50.0 Å². The highest BCUT2D eigenvalue weighted by Crippen LogP contribution is 2.26. The second-order valence-electron chi connectivity index (χ2n) is 10.1. The predicted molar refractivity (Wildman–Crippen MR) is 142 cm³/mol. The van der Waals surface area contributed by atoms with Crippen LogP contribution in [0.3, 0.4) is 0 Å². The summed E-state index contributed by atoms with van der Waals surface area (Å²) in [6.07, 6.45) is 1.84. The van der Waals surface area contributed by atoms with Gasteiger partial charge >= 0.3 is 0 Å². The summed E-state index contributed by atoms with van der Waals surface area (Å²) in [4.78, 5) is 27.9. The molecule has 0 aliphatic carbocycles. The number of amides is 2. The highest BCUT2D eigenvalue weighted by molar-refractivity contribution is 7.92. The first kappa shape index (κ1) is 28.4. The number of nitrogens with one attached hydrogen (secondary N) is 1. The lowest BCUT2D eigenvalue weighted by atomic mass is 9.87. The molecular formula is C27H39N3O4S. The number of carbonyl (C=O) groups is 2. The number of hydrogen-bond donors (Lipinski definition) is 1. The Morgan fingerprint density at radius 2 is 1.54 bits per heavy atom. The van der Waals surface area contributed by atoms with Gasteiger partial charge in [-0.15, -0.1) is 0 Å². The number of carbonyl (C=O) groups excluding carboxylic acids is 2. The minimum absolute atomic E-state index is 0.0347. The maximum atomic E-state index is 13.5. The van der Waals surface area contributed by atoms with Crippen molar-refractivity contribution in [3.63, 3.8) is 0 Å². The van der Waals surface area contributed by atoms with Crippen LogP contribution in [0.5, 0.6) is 0 Å². The summed E-state index contributed by atoms with van der Waals surface area (Å²) >= 11 is 0. The Labute approximate surface area is 210 Å². The van der Waals surface area contributed by atoms with E-state index in [9.17, 15) is 18.0 Å². The van der Waals surface area contributed by atoms with Gasteiger partial charge in [-0.1, -0.05) is 70.2 Å². The molecule has 0 aliphatic rings. The molecule has 7 nitrogen and oxygen atoms in total. The molecule has 2 rings (SSSR count). The number of rotatable bonds is 10. The quantitative estimate of drug-likeness (QED) is 0.531. The Balaban J connectivity index is 2.37. The first-order valence-electron chi connectivity index (χ1n) is 12.0. The summed E-state index contributed by atoms with van der Waals surface area (Å²) in [5.74, 6) is -0.727. The Bertz CT molecular complexity index is 1090. The summed E-state index contributed by atoms with van der Waals surface area (Å²) in [6.45, 7) is 11.6. The molecule has 0 fully saturated rings. The van der Waals surface area contributed by atoms with Crippen molar-refractivity contribution >= 4 is 27.5 Å². The normalized spacial score (nSPS) is 13.6. The van der Waals surface area contributed by atoms with Crippen molar-refractivity contribution in [1.29, 1.82) is 0 Å². The number of anilines is 1. The summed E-state index contributed by atoms with van der Waals surface area (Å²) in [5.41, 5.74) is 2.23. The fourth-order valence-electron chi connectivity index (χ4n) is 3.57. The molecule has 0 heterocycles. The van der Waals surface area contributed by atoms with Crippen molar-refractivity contribution in [3.05, 3.63) is 65.7 Å². The maximum Gasteiger partial charge on any atom is 0.244 e. The lowest BCUT2D eigenvalue weighted by molar-refractivity contribution is -0.139. The molecule has 2 aromatic carbocycles. The minimum Gasteiger partial charge on any atom is -0.352 e. The molecule has 0 aliphatic heterocycles. The van der Waals surface area contributed by atoms with Crippen molar-refractivity contribution in [2.45, 2.75) is 72.0 Å². The van der Waals surface area contributed by atoms with Gasteiger partial charge in [-0.25, -0.2) is 8.42 Å². The molecule has 0 saturated heterocycles. The predicted octanol–water partition coefficient (Wildman–Crippen LogP) is 4.08. The van der Waals surface area contributed by atoms with Crippen LogP contribution < -0.4 is 9.62 Å². The third-order valence-corrected chi connectivity index (χ3v) is 7.21. The van der Waals surface area contributed by atoms with Gasteiger partial charge in [0.2, 0.25) is 21.8 Å². The first-order chi connectivity index (χ1) is 16.2. The van der Waals surface area contributed by atoms with Crippen molar-refractivity contribution in [3.8, 4) is 0 Å².